The number of nitrogens with one attached hydrogen (secondary N) is 1. The second-order valence-corrected chi connectivity index (χ2v) is 9.35. The molecule has 2 fully saturated rings. The van der Waals surface area contributed by atoms with E-state index < -0.39 is 5.97 Å². The van der Waals surface area contributed by atoms with E-state index in [1.165, 1.54) is 7.11 Å². The number of rotatable bonds is 5. The Hall–Kier alpha value is -2.37. The van der Waals surface area contributed by atoms with Gasteiger partial charge in [-0.25, -0.2) is 0 Å². The molecule has 1 saturated carbocycles. The van der Waals surface area contributed by atoms with Crippen LogP contribution >= 0.6 is 0 Å². The lowest BCUT2D eigenvalue weighted by molar-refractivity contribution is -0.141. The maximum atomic E-state index is 13.1. The van der Waals surface area contributed by atoms with Crippen molar-refractivity contribution >= 4 is 23.5 Å². The van der Waals surface area contributed by atoms with E-state index in [1.807, 2.05) is 4.90 Å². The van der Waals surface area contributed by atoms with E-state index in [-0.39, 0.29) is 35.5 Å². The van der Waals surface area contributed by atoms with Crippen molar-refractivity contribution < 1.29 is 19.1 Å². The summed E-state index contributed by atoms with van der Waals surface area (Å²) in [5.74, 6) is -0.605. The maximum absolute atomic E-state index is 13.1. The summed E-state index contributed by atoms with van der Waals surface area (Å²) in [6.07, 6.45) is 3.39. The number of ether oxygens (including phenoxy) is 1. The Kier molecular flexibility index (Phi) is 5.50. The van der Waals surface area contributed by atoms with Crippen molar-refractivity contribution in [2.45, 2.75) is 58.9 Å². The molecule has 6 heteroatoms. The van der Waals surface area contributed by atoms with Crippen molar-refractivity contribution in [3.05, 3.63) is 29.8 Å². The van der Waals surface area contributed by atoms with Gasteiger partial charge in [0.25, 0.3) is 5.91 Å². The van der Waals surface area contributed by atoms with E-state index in [2.05, 4.69) is 30.8 Å². The molecule has 1 aromatic rings. The molecular formula is C22H30N2O4. The molecule has 2 amide bonds. The number of amides is 2. The van der Waals surface area contributed by atoms with Crippen LogP contribution in [0.2, 0.25) is 0 Å². The zero-order valence-corrected chi connectivity index (χ0v) is 17.2. The monoisotopic (exact) mass is 386 g/mol. The van der Waals surface area contributed by atoms with Crippen LogP contribution < -0.4 is 5.32 Å². The predicted molar refractivity (Wildman–Crippen MR) is 107 cm³/mol. The first-order valence-electron chi connectivity index (χ1n) is 9.89. The van der Waals surface area contributed by atoms with Gasteiger partial charge in [0.1, 0.15) is 0 Å². The molecule has 2 atom stereocenters. The quantitative estimate of drug-likeness (QED) is 0.784. The topological polar surface area (TPSA) is 75.7 Å². The van der Waals surface area contributed by atoms with Crippen LogP contribution in [0.3, 0.4) is 0 Å². The first-order chi connectivity index (χ1) is 13.1. The Balaban J connectivity index is 1.61. The molecule has 28 heavy (non-hydrogen) atoms. The van der Waals surface area contributed by atoms with Crippen molar-refractivity contribution in [3.63, 3.8) is 0 Å². The Morgan fingerprint density at radius 2 is 1.79 bits per heavy atom. The molecule has 1 aliphatic carbocycles. The minimum absolute atomic E-state index is 0.0460. The molecule has 0 spiro atoms. The summed E-state index contributed by atoms with van der Waals surface area (Å²) in [4.78, 5) is 38.1. The third-order valence-electron chi connectivity index (χ3n) is 5.88. The number of carbonyl (C=O) groups is 3. The lowest BCUT2D eigenvalue weighted by Gasteiger charge is -2.39. The van der Waals surface area contributed by atoms with Crippen LogP contribution in [0.15, 0.2) is 24.3 Å². The zero-order valence-electron chi connectivity index (χ0n) is 17.2. The van der Waals surface area contributed by atoms with E-state index in [0.717, 1.165) is 25.8 Å². The average Bonchev–Trinajstić information content (AvgIpc) is 2.88. The summed E-state index contributed by atoms with van der Waals surface area (Å²) >= 11 is 0. The van der Waals surface area contributed by atoms with E-state index >= 15 is 0 Å². The number of benzene rings is 1. The smallest absolute Gasteiger partial charge is 0.306 e. The molecule has 1 saturated heterocycles. The minimum Gasteiger partial charge on any atom is -0.469 e. The molecule has 2 unspecified atom stereocenters. The van der Waals surface area contributed by atoms with Gasteiger partial charge in [-0.1, -0.05) is 20.8 Å². The summed E-state index contributed by atoms with van der Waals surface area (Å²) in [5.41, 5.74) is 1.72. The molecule has 0 radical (unpaired) electrons. The van der Waals surface area contributed by atoms with Crippen LogP contribution in [0.4, 0.5) is 5.69 Å². The first-order valence-corrected chi connectivity index (χ1v) is 9.89. The molecule has 1 aliphatic heterocycles. The van der Waals surface area contributed by atoms with Gasteiger partial charge in [-0.05, 0) is 54.4 Å². The van der Waals surface area contributed by atoms with Gasteiger partial charge in [0, 0.05) is 30.3 Å². The van der Waals surface area contributed by atoms with Crippen molar-refractivity contribution in [1.82, 2.24) is 4.90 Å². The normalized spacial score (nSPS) is 25.3. The van der Waals surface area contributed by atoms with E-state index in [0.29, 0.717) is 17.3 Å². The molecule has 1 heterocycles. The highest BCUT2D eigenvalue weighted by Gasteiger charge is 2.50. The number of hydrogen-bond acceptors (Lipinski definition) is 4. The Morgan fingerprint density at radius 3 is 2.43 bits per heavy atom. The Bertz CT molecular complexity index is 771. The highest BCUT2D eigenvalue weighted by molar-refractivity contribution is 5.96. The van der Waals surface area contributed by atoms with Crippen molar-refractivity contribution in [1.29, 1.82) is 0 Å². The fraction of sp³-hybridized carbons (Fsp3) is 0.591. The number of likely N-dealkylation sites (tertiary alicyclic amines) is 1. The van der Waals surface area contributed by atoms with Crippen LogP contribution in [0.1, 0.15) is 63.2 Å². The largest absolute Gasteiger partial charge is 0.469 e. The van der Waals surface area contributed by atoms with Crippen molar-refractivity contribution in [2.75, 3.05) is 19.0 Å². The fourth-order valence-corrected chi connectivity index (χ4v) is 5.10. The number of carbonyl (C=O) groups excluding carboxylic acids is 3. The van der Waals surface area contributed by atoms with Crippen molar-refractivity contribution in [3.8, 4) is 0 Å². The number of fused-ring (bicyclic) bond motifs is 2. The van der Waals surface area contributed by atoms with Gasteiger partial charge in [-0.2, -0.15) is 0 Å². The third kappa shape index (κ3) is 4.54. The van der Waals surface area contributed by atoms with Crippen LogP contribution in [-0.2, 0) is 14.3 Å². The molecule has 3 rings (SSSR count). The molecule has 1 aromatic carbocycles. The van der Waals surface area contributed by atoms with Crippen LogP contribution in [-0.4, -0.2) is 42.4 Å². The van der Waals surface area contributed by atoms with Gasteiger partial charge < -0.3 is 15.0 Å². The molecule has 0 aromatic heterocycles. The molecular weight excluding hydrogens is 356 g/mol. The summed E-state index contributed by atoms with van der Waals surface area (Å²) < 4.78 is 4.53. The van der Waals surface area contributed by atoms with Crippen LogP contribution in [0.5, 0.6) is 0 Å². The molecule has 2 aliphatic rings. The van der Waals surface area contributed by atoms with Crippen LogP contribution in [0.25, 0.3) is 0 Å². The van der Waals surface area contributed by atoms with Gasteiger partial charge in [0.15, 0.2) is 0 Å². The van der Waals surface area contributed by atoms with Crippen LogP contribution in [0, 0.1) is 10.8 Å². The van der Waals surface area contributed by atoms with E-state index in [1.54, 1.807) is 24.3 Å². The average molecular weight is 386 g/mol. The van der Waals surface area contributed by atoms with E-state index in [4.69, 9.17) is 0 Å². The maximum Gasteiger partial charge on any atom is 0.306 e. The number of anilines is 1. The predicted octanol–water partition coefficient (Wildman–Crippen LogP) is 3.62. The SMILES string of the molecule is COC(=O)CCC(=O)Nc1ccc(C(=O)N2CC3(C)CC2CC(C)(C)C3)cc1. The standard InChI is InChI=1S/C22H30N2O4/c1-21(2)11-17-12-22(3,13-21)14-24(17)20(27)15-5-7-16(8-6-15)23-18(25)9-10-19(26)28-4/h5-8,17H,9-14H2,1-4H3,(H,23,25). The minimum atomic E-state index is -0.413. The van der Waals surface area contributed by atoms with Gasteiger partial charge in [0.05, 0.1) is 13.5 Å². The highest BCUT2D eigenvalue weighted by atomic mass is 16.5. The molecule has 1 N–H and O–H groups in total. The van der Waals surface area contributed by atoms with Gasteiger partial charge >= 0.3 is 5.97 Å². The second-order valence-electron chi connectivity index (χ2n) is 9.35. The summed E-state index contributed by atoms with van der Waals surface area (Å²) in [7, 11) is 1.30. The number of esters is 1. The van der Waals surface area contributed by atoms with Gasteiger partial charge in [-0.15, -0.1) is 0 Å². The summed E-state index contributed by atoms with van der Waals surface area (Å²) in [5, 5.41) is 2.74. The summed E-state index contributed by atoms with van der Waals surface area (Å²) in [6.45, 7) is 7.69. The molecule has 2 bridgehead atoms. The molecule has 152 valence electrons. The van der Waals surface area contributed by atoms with Gasteiger partial charge in [-0.3, -0.25) is 14.4 Å². The first kappa shape index (κ1) is 20.4. The lowest BCUT2D eigenvalue weighted by Crippen LogP contribution is -2.37. The zero-order chi connectivity index (χ0) is 20.5. The fourth-order valence-electron chi connectivity index (χ4n) is 5.10. The number of hydrogen-bond donors (Lipinski definition) is 1. The molecule has 6 nitrogen and oxygen atoms in total. The van der Waals surface area contributed by atoms with E-state index in [9.17, 15) is 14.4 Å². The number of nitrogens with zero attached hydrogens (tertiary/aromatic N) is 1. The summed E-state index contributed by atoms with van der Waals surface area (Å²) in [6, 6.07) is 7.29. The third-order valence-corrected chi connectivity index (χ3v) is 5.88. The second kappa shape index (κ2) is 7.57. The lowest BCUT2D eigenvalue weighted by atomic mass is 9.65. The highest BCUT2D eigenvalue weighted by Crippen LogP contribution is 2.52. The van der Waals surface area contributed by atoms with Gasteiger partial charge in [0.2, 0.25) is 5.91 Å². The number of methoxy groups -OCH3 is 1. The Labute approximate surface area is 166 Å². The Morgan fingerprint density at radius 1 is 1.11 bits per heavy atom. The van der Waals surface area contributed by atoms with Crippen molar-refractivity contribution in [2.24, 2.45) is 10.8 Å².